The number of amides is 1. The van der Waals surface area contributed by atoms with Crippen molar-refractivity contribution in [2.45, 2.75) is 51.3 Å². The van der Waals surface area contributed by atoms with E-state index in [0.29, 0.717) is 6.42 Å². The average molecular weight is 327 g/mol. The fraction of sp³-hybridized carbons (Fsp3) is 0.588. The second-order valence-corrected chi connectivity index (χ2v) is 6.72. The maximum absolute atomic E-state index is 12.3. The van der Waals surface area contributed by atoms with Crippen molar-refractivity contribution in [1.29, 1.82) is 0 Å². The third kappa shape index (κ3) is 3.45. The maximum Gasteiger partial charge on any atom is 0.237 e. The smallest absolute Gasteiger partial charge is 0.237 e. The summed E-state index contributed by atoms with van der Waals surface area (Å²) in [5.41, 5.74) is 6.82. The molecule has 3 atom stereocenters. The maximum atomic E-state index is 12.3. The number of methoxy groups -OCH3 is 1. The van der Waals surface area contributed by atoms with Crippen LogP contribution in [0.25, 0.3) is 0 Å². The number of nitrogens with one attached hydrogen (secondary N) is 1. The van der Waals surface area contributed by atoms with Gasteiger partial charge in [0, 0.05) is 18.6 Å². The lowest BCUT2D eigenvalue weighted by molar-refractivity contribution is -0.182. The molecule has 1 amide bonds. The summed E-state index contributed by atoms with van der Waals surface area (Å²) in [5.74, 6) is -0.0879. The van der Waals surface area contributed by atoms with Crippen molar-refractivity contribution in [2.24, 2.45) is 11.1 Å². The zero-order valence-corrected chi connectivity index (χ0v) is 14.6. The van der Waals surface area contributed by atoms with E-state index in [1.165, 1.54) is 0 Å². The monoisotopic (exact) mass is 326 g/mol. The summed E-state index contributed by atoms with van der Waals surface area (Å²) in [5, 5.41) is 3.07. The van der Waals surface area contributed by atoms with E-state index in [4.69, 9.17) is 10.5 Å². The van der Waals surface area contributed by atoms with Crippen LogP contribution >= 0.6 is 12.4 Å². The van der Waals surface area contributed by atoms with Gasteiger partial charge < -0.3 is 15.8 Å². The number of nitrogens with two attached hydrogens (primary N) is 1. The molecule has 1 aromatic carbocycles. The van der Waals surface area contributed by atoms with Gasteiger partial charge in [-0.3, -0.25) is 4.79 Å². The fourth-order valence-electron chi connectivity index (χ4n) is 2.96. The molecule has 1 aliphatic carbocycles. The summed E-state index contributed by atoms with van der Waals surface area (Å²) in [4.78, 5) is 12.3. The van der Waals surface area contributed by atoms with Gasteiger partial charge in [0.2, 0.25) is 5.91 Å². The van der Waals surface area contributed by atoms with Gasteiger partial charge in [-0.2, -0.15) is 0 Å². The highest BCUT2D eigenvalue weighted by molar-refractivity contribution is 5.85. The first kappa shape index (κ1) is 18.9. The molecule has 0 aliphatic heterocycles. The minimum absolute atomic E-state index is 0. The van der Waals surface area contributed by atoms with Crippen LogP contribution in [0.3, 0.4) is 0 Å². The van der Waals surface area contributed by atoms with Crippen LogP contribution < -0.4 is 11.1 Å². The van der Waals surface area contributed by atoms with Crippen molar-refractivity contribution in [3.05, 3.63) is 35.9 Å². The lowest BCUT2D eigenvalue weighted by Crippen LogP contribution is -2.69. The van der Waals surface area contributed by atoms with E-state index in [1.54, 1.807) is 7.11 Å². The number of hydrogen-bond donors (Lipinski definition) is 2. The van der Waals surface area contributed by atoms with Crippen molar-refractivity contribution in [3.63, 3.8) is 0 Å². The largest absolute Gasteiger partial charge is 0.378 e. The van der Waals surface area contributed by atoms with Crippen molar-refractivity contribution < 1.29 is 9.53 Å². The second kappa shape index (κ2) is 6.99. The summed E-state index contributed by atoms with van der Waals surface area (Å²) in [6, 6.07) is 9.44. The quantitative estimate of drug-likeness (QED) is 0.872. The topological polar surface area (TPSA) is 64.3 Å². The van der Waals surface area contributed by atoms with Gasteiger partial charge in [0.1, 0.15) is 0 Å². The molecular formula is C17H27ClN2O2. The molecular weight excluding hydrogens is 300 g/mol. The number of ether oxygens (including phenoxy) is 1. The second-order valence-electron chi connectivity index (χ2n) is 6.72. The number of rotatable bonds is 5. The Morgan fingerprint density at radius 1 is 1.36 bits per heavy atom. The first-order valence-corrected chi connectivity index (χ1v) is 7.45. The van der Waals surface area contributed by atoms with Gasteiger partial charge >= 0.3 is 0 Å². The van der Waals surface area contributed by atoms with Crippen molar-refractivity contribution in [3.8, 4) is 0 Å². The zero-order chi connectivity index (χ0) is 15.7. The minimum atomic E-state index is -0.516. The normalized spacial score (nSPS) is 27.2. The molecule has 124 valence electrons. The number of hydrogen-bond acceptors (Lipinski definition) is 3. The van der Waals surface area contributed by atoms with E-state index in [0.717, 1.165) is 12.0 Å². The van der Waals surface area contributed by atoms with Gasteiger partial charge in [-0.05, 0) is 25.3 Å². The molecule has 2 unspecified atom stereocenters. The molecule has 0 heterocycles. The Morgan fingerprint density at radius 3 is 2.45 bits per heavy atom. The van der Waals surface area contributed by atoms with Gasteiger partial charge in [0.05, 0.1) is 11.6 Å². The summed E-state index contributed by atoms with van der Waals surface area (Å²) in [7, 11) is 1.72. The number of benzene rings is 1. The van der Waals surface area contributed by atoms with Crippen LogP contribution in [-0.2, 0) is 16.0 Å². The molecule has 4 nitrogen and oxygen atoms in total. The molecule has 1 aromatic rings. The molecule has 0 radical (unpaired) electrons. The molecule has 1 fully saturated rings. The molecule has 0 bridgehead atoms. The van der Waals surface area contributed by atoms with Crippen molar-refractivity contribution in [1.82, 2.24) is 5.32 Å². The Bertz CT molecular complexity index is 507. The predicted molar refractivity (Wildman–Crippen MR) is 91.1 cm³/mol. The number of carbonyl (C=O) groups is 1. The third-order valence-electron chi connectivity index (χ3n) is 5.23. The van der Waals surface area contributed by atoms with Crippen LogP contribution in [0.5, 0.6) is 0 Å². The molecule has 0 saturated heterocycles. The first-order valence-electron chi connectivity index (χ1n) is 7.45. The lowest BCUT2D eigenvalue weighted by Gasteiger charge is -2.59. The summed E-state index contributed by atoms with van der Waals surface area (Å²) >= 11 is 0. The molecule has 5 heteroatoms. The molecule has 0 aromatic heterocycles. The van der Waals surface area contributed by atoms with E-state index in [9.17, 15) is 4.79 Å². The highest BCUT2D eigenvalue weighted by Gasteiger charge is 2.58. The Hall–Kier alpha value is -1.10. The summed E-state index contributed by atoms with van der Waals surface area (Å²) in [6.45, 7) is 6.32. The molecule has 3 N–H and O–H groups in total. The van der Waals surface area contributed by atoms with Crippen LogP contribution in [0.4, 0.5) is 0 Å². The number of halogens is 1. The lowest BCUT2D eigenvalue weighted by atomic mass is 9.56. The zero-order valence-electron chi connectivity index (χ0n) is 13.8. The Labute approximate surface area is 139 Å². The molecule has 1 aliphatic rings. The average Bonchev–Trinajstić information content (AvgIpc) is 2.47. The van der Waals surface area contributed by atoms with Crippen molar-refractivity contribution >= 4 is 18.3 Å². The van der Waals surface area contributed by atoms with Crippen LogP contribution in [0.2, 0.25) is 0 Å². The van der Waals surface area contributed by atoms with Gasteiger partial charge in [-0.15, -0.1) is 12.4 Å². The van der Waals surface area contributed by atoms with Crippen molar-refractivity contribution in [2.75, 3.05) is 7.11 Å². The van der Waals surface area contributed by atoms with Gasteiger partial charge in [0.15, 0.2) is 0 Å². The Morgan fingerprint density at radius 2 is 1.95 bits per heavy atom. The molecule has 22 heavy (non-hydrogen) atoms. The van der Waals surface area contributed by atoms with E-state index in [1.807, 2.05) is 30.3 Å². The Balaban J connectivity index is 0.00000242. The summed E-state index contributed by atoms with van der Waals surface area (Å²) < 4.78 is 5.57. The number of carbonyl (C=O) groups excluding carboxylic acids is 1. The van der Waals surface area contributed by atoms with E-state index in [2.05, 4.69) is 26.1 Å². The van der Waals surface area contributed by atoms with Crippen LogP contribution in [0.1, 0.15) is 32.8 Å². The van der Waals surface area contributed by atoms with E-state index in [-0.39, 0.29) is 35.4 Å². The predicted octanol–water partition coefficient (Wildman–Crippen LogP) is 2.30. The highest BCUT2D eigenvalue weighted by atomic mass is 35.5. The highest BCUT2D eigenvalue weighted by Crippen LogP contribution is 2.51. The molecule has 2 rings (SSSR count). The standard InChI is InChI=1S/C17H26N2O2.ClH/c1-16(2)14(11-17(16,3)21-4)19-15(20)13(18)10-12-8-6-5-7-9-12;/h5-9,13-14H,10-11,18H2,1-4H3,(H,19,20);1H/t13-,14?,17?;/m0./s1. The summed E-state index contributed by atoms with van der Waals surface area (Å²) in [6.07, 6.45) is 1.38. The third-order valence-corrected chi connectivity index (χ3v) is 5.23. The van der Waals surface area contributed by atoms with Crippen LogP contribution in [0.15, 0.2) is 30.3 Å². The van der Waals surface area contributed by atoms with Gasteiger partial charge in [0.25, 0.3) is 0 Å². The van der Waals surface area contributed by atoms with E-state index < -0.39 is 6.04 Å². The Kier molecular flexibility index (Phi) is 6.02. The van der Waals surface area contributed by atoms with Crippen LogP contribution in [-0.4, -0.2) is 30.7 Å². The van der Waals surface area contributed by atoms with Gasteiger partial charge in [-0.1, -0.05) is 44.2 Å². The minimum Gasteiger partial charge on any atom is -0.378 e. The fourth-order valence-corrected chi connectivity index (χ4v) is 2.96. The SMILES string of the molecule is COC1(C)CC(NC(=O)[C@@H](N)Cc2ccccc2)C1(C)C.Cl. The van der Waals surface area contributed by atoms with Gasteiger partial charge in [-0.25, -0.2) is 0 Å². The molecule has 0 spiro atoms. The molecule has 1 saturated carbocycles. The van der Waals surface area contributed by atoms with Crippen LogP contribution in [0, 0.1) is 5.41 Å². The first-order chi connectivity index (χ1) is 9.80. The van der Waals surface area contributed by atoms with E-state index >= 15 is 0 Å².